The van der Waals surface area contributed by atoms with Crippen LogP contribution in [0.3, 0.4) is 0 Å². The first-order valence-corrected chi connectivity index (χ1v) is 7.06. The molecular formula is C12H16Cl2N4O2. The van der Waals surface area contributed by atoms with Crippen molar-refractivity contribution in [3.63, 3.8) is 0 Å². The number of hydrogen-bond acceptors (Lipinski definition) is 4. The Morgan fingerprint density at radius 1 is 1.40 bits per heavy atom. The molecule has 0 saturated heterocycles. The molecule has 110 valence electrons. The quantitative estimate of drug-likeness (QED) is 0.630. The molecule has 8 heteroatoms. The minimum atomic E-state index is -0.0604. The molecule has 6 nitrogen and oxygen atoms in total. The molecule has 2 amide bonds. The molecule has 0 atom stereocenters. The topological polar surface area (TPSA) is 58.6 Å². The van der Waals surface area contributed by atoms with E-state index >= 15 is 0 Å². The number of aromatic nitrogens is 2. The fourth-order valence-corrected chi connectivity index (χ4v) is 2.59. The van der Waals surface area contributed by atoms with E-state index in [9.17, 15) is 4.79 Å². The normalized spacial score (nSPS) is 13.5. The van der Waals surface area contributed by atoms with Crippen molar-refractivity contribution in [1.82, 2.24) is 19.8 Å². The number of carbonyl (C=O) groups is 1. The highest BCUT2D eigenvalue weighted by atomic mass is 35.5. The molecular weight excluding hydrogens is 303 g/mol. The van der Waals surface area contributed by atoms with Gasteiger partial charge in [0.05, 0.1) is 25.4 Å². The number of fused-ring (bicyclic) bond motifs is 1. The zero-order valence-electron chi connectivity index (χ0n) is 11.4. The molecule has 2 rings (SSSR count). The summed E-state index contributed by atoms with van der Waals surface area (Å²) < 4.78 is 5.01. The lowest BCUT2D eigenvalue weighted by Crippen LogP contribution is -2.42. The van der Waals surface area contributed by atoms with Gasteiger partial charge in [0.2, 0.25) is 5.28 Å². The fraction of sp³-hybridized carbons (Fsp3) is 0.583. The van der Waals surface area contributed by atoms with Gasteiger partial charge in [-0.15, -0.1) is 0 Å². The van der Waals surface area contributed by atoms with Gasteiger partial charge in [-0.25, -0.2) is 14.8 Å². The number of hydrogen-bond donors (Lipinski definition) is 0. The van der Waals surface area contributed by atoms with Crippen molar-refractivity contribution in [1.29, 1.82) is 0 Å². The van der Waals surface area contributed by atoms with Crippen molar-refractivity contribution in [2.45, 2.75) is 20.0 Å². The van der Waals surface area contributed by atoms with Crippen LogP contribution in [-0.2, 0) is 17.8 Å². The molecule has 0 unspecified atom stereocenters. The lowest BCUT2D eigenvalue weighted by molar-refractivity contribution is 0.127. The minimum absolute atomic E-state index is 0.0604. The van der Waals surface area contributed by atoms with E-state index in [1.165, 1.54) is 0 Å². The third-order valence-corrected chi connectivity index (χ3v) is 3.67. The molecule has 0 aliphatic carbocycles. The Morgan fingerprint density at radius 3 is 2.80 bits per heavy atom. The summed E-state index contributed by atoms with van der Waals surface area (Å²) in [6.45, 7) is 4.43. The Hall–Kier alpha value is -1.11. The Morgan fingerprint density at radius 2 is 2.15 bits per heavy atom. The van der Waals surface area contributed by atoms with Gasteiger partial charge >= 0.3 is 6.03 Å². The number of carbonyl (C=O) groups excluding carboxylic acids is 1. The van der Waals surface area contributed by atoms with Crippen LogP contribution in [-0.4, -0.2) is 52.6 Å². The van der Waals surface area contributed by atoms with Crippen molar-refractivity contribution < 1.29 is 9.53 Å². The highest BCUT2D eigenvalue weighted by Crippen LogP contribution is 2.28. The number of halogens is 2. The molecule has 0 bridgehead atoms. The summed E-state index contributed by atoms with van der Waals surface area (Å²) in [4.78, 5) is 23.9. The maximum absolute atomic E-state index is 12.4. The molecule has 2 heterocycles. The zero-order valence-corrected chi connectivity index (χ0v) is 12.9. The molecule has 0 N–H and O–H groups in total. The van der Waals surface area contributed by atoms with Crippen LogP contribution in [0.15, 0.2) is 0 Å². The smallest absolute Gasteiger partial charge is 0.320 e. The summed E-state index contributed by atoms with van der Waals surface area (Å²) >= 11 is 11.8. The first-order valence-electron chi connectivity index (χ1n) is 6.30. The number of urea groups is 1. The van der Waals surface area contributed by atoms with E-state index in [0.29, 0.717) is 43.6 Å². The number of rotatable bonds is 4. The van der Waals surface area contributed by atoms with Crippen LogP contribution in [0.1, 0.15) is 18.2 Å². The van der Waals surface area contributed by atoms with Gasteiger partial charge in [-0.2, -0.15) is 0 Å². The first kappa shape index (κ1) is 15.3. The van der Waals surface area contributed by atoms with Crippen molar-refractivity contribution >= 4 is 29.2 Å². The van der Waals surface area contributed by atoms with Crippen LogP contribution in [0, 0.1) is 0 Å². The van der Waals surface area contributed by atoms with E-state index in [1.807, 2.05) is 6.92 Å². The highest BCUT2D eigenvalue weighted by Gasteiger charge is 2.30. The summed E-state index contributed by atoms with van der Waals surface area (Å²) in [5.41, 5.74) is 1.48. The van der Waals surface area contributed by atoms with Crippen molar-refractivity contribution in [2.75, 3.05) is 26.8 Å². The number of ether oxygens (including phenoxy) is 1. The Bertz CT molecular complexity index is 512. The highest BCUT2D eigenvalue weighted by molar-refractivity contribution is 6.32. The summed E-state index contributed by atoms with van der Waals surface area (Å²) in [7, 11) is 1.61. The SMILES string of the molecule is CCN(CCOC)C(=O)N1Cc2nc(Cl)nc(Cl)c2C1. The van der Waals surface area contributed by atoms with Crippen LogP contribution >= 0.6 is 23.2 Å². The van der Waals surface area contributed by atoms with E-state index in [2.05, 4.69) is 9.97 Å². The molecule has 0 saturated carbocycles. The van der Waals surface area contributed by atoms with E-state index in [0.717, 1.165) is 5.56 Å². The molecule has 1 aliphatic heterocycles. The molecule has 1 aromatic rings. The predicted molar refractivity (Wildman–Crippen MR) is 75.8 cm³/mol. The van der Waals surface area contributed by atoms with Crippen molar-refractivity contribution in [3.05, 3.63) is 21.7 Å². The summed E-state index contributed by atoms with van der Waals surface area (Å²) in [5, 5.41) is 0.421. The molecule has 20 heavy (non-hydrogen) atoms. The second-order valence-corrected chi connectivity index (χ2v) is 5.12. The Balaban J connectivity index is 2.09. The van der Waals surface area contributed by atoms with E-state index in [-0.39, 0.29) is 11.3 Å². The van der Waals surface area contributed by atoms with Gasteiger partial charge in [0.1, 0.15) is 5.15 Å². The van der Waals surface area contributed by atoms with Crippen LogP contribution in [0.5, 0.6) is 0 Å². The first-order chi connectivity index (χ1) is 9.56. The Labute approximate surface area is 127 Å². The summed E-state index contributed by atoms with van der Waals surface area (Å²) in [5.74, 6) is 0. The third kappa shape index (κ3) is 3.13. The van der Waals surface area contributed by atoms with E-state index < -0.39 is 0 Å². The molecule has 0 fully saturated rings. The fourth-order valence-electron chi connectivity index (χ4n) is 2.11. The predicted octanol–water partition coefficient (Wildman–Crippen LogP) is 2.19. The summed E-state index contributed by atoms with van der Waals surface area (Å²) in [6, 6.07) is -0.0604. The van der Waals surface area contributed by atoms with E-state index in [4.69, 9.17) is 27.9 Å². The average Bonchev–Trinajstić information content (AvgIpc) is 2.83. The maximum Gasteiger partial charge on any atom is 0.320 e. The zero-order chi connectivity index (χ0) is 14.7. The second kappa shape index (κ2) is 6.56. The molecule has 1 aliphatic rings. The second-order valence-electron chi connectivity index (χ2n) is 4.42. The van der Waals surface area contributed by atoms with Crippen LogP contribution in [0.4, 0.5) is 4.79 Å². The van der Waals surface area contributed by atoms with Crippen LogP contribution < -0.4 is 0 Å². The largest absolute Gasteiger partial charge is 0.383 e. The van der Waals surface area contributed by atoms with Gasteiger partial charge in [0.15, 0.2) is 0 Å². The number of nitrogens with zero attached hydrogens (tertiary/aromatic N) is 4. The monoisotopic (exact) mass is 318 g/mol. The number of methoxy groups -OCH3 is 1. The number of amides is 2. The molecule has 1 aromatic heterocycles. The van der Waals surface area contributed by atoms with Gasteiger partial charge in [-0.1, -0.05) is 11.6 Å². The lowest BCUT2D eigenvalue weighted by Gasteiger charge is -2.26. The van der Waals surface area contributed by atoms with E-state index in [1.54, 1.807) is 16.9 Å². The summed E-state index contributed by atoms with van der Waals surface area (Å²) in [6.07, 6.45) is 0. The standard InChI is InChI=1S/C12H16Cl2N4O2/c1-3-17(4-5-20-2)12(19)18-6-8-9(7-18)15-11(14)16-10(8)13/h3-7H2,1-2H3. The van der Waals surface area contributed by atoms with Crippen molar-refractivity contribution in [2.24, 2.45) is 0 Å². The van der Waals surface area contributed by atoms with Gasteiger partial charge in [0, 0.05) is 25.8 Å². The lowest BCUT2D eigenvalue weighted by atomic mass is 10.3. The molecule has 0 radical (unpaired) electrons. The minimum Gasteiger partial charge on any atom is -0.383 e. The van der Waals surface area contributed by atoms with Gasteiger partial charge in [0.25, 0.3) is 0 Å². The van der Waals surface area contributed by atoms with Crippen LogP contribution in [0.2, 0.25) is 10.4 Å². The van der Waals surface area contributed by atoms with Crippen LogP contribution in [0.25, 0.3) is 0 Å². The van der Waals surface area contributed by atoms with Gasteiger partial charge in [-0.05, 0) is 18.5 Å². The maximum atomic E-state index is 12.4. The molecule has 0 aromatic carbocycles. The number of likely N-dealkylation sites (N-methyl/N-ethyl adjacent to an activating group) is 1. The van der Waals surface area contributed by atoms with Gasteiger partial charge < -0.3 is 14.5 Å². The van der Waals surface area contributed by atoms with Gasteiger partial charge in [-0.3, -0.25) is 0 Å². The van der Waals surface area contributed by atoms with Crippen molar-refractivity contribution in [3.8, 4) is 0 Å². The average molecular weight is 319 g/mol. The third-order valence-electron chi connectivity index (χ3n) is 3.19. The Kier molecular flexibility index (Phi) is 5.01. The molecule has 0 spiro atoms.